The Bertz CT molecular complexity index is 2750. The molecule has 0 spiro atoms. The van der Waals surface area contributed by atoms with Crippen LogP contribution in [0.4, 0.5) is 17.1 Å². The van der Waals surface area contributed by atoms with Crippen LogP contribution in [0.15, 0.2) is 182 Å². The molecule has 0 N–H and O–H groups in total. The van der Waals surface area contributed by atoms with Gasteiger partial charge >= 0.3 is 0 Å². The molecule has 1 heterocycles. The highest BCUT2D eigenvalue weighted by Gasteiger charge is 2.36. The molecule has 0 amide bonds. The molecule has 0 saturated carbocycles. The first-order valence-electron chi connectivity index (χ1n) is 17.8. The van der Waals surface area contributed by atoms with E-state index in [0.717, 1.165) is 22.7 Å². The van der Waals surface area contributed by atoms with Gasteiger partial charge in [-0.05, 0) is 87.3 Å². The molecule has 242 valence electrons. The highest BCUT2D eigenvalue weighted by Crippen LogP contribution is 2.52. The highest BCUT2D eigenvalue weighted by molar-refractivity contribution is 6.24. The van der Waals surface area contributed by atoms with Crippen LogP contribution in [0.1, 0.15) is 25.0 Å². The molecule has 0 bridgehead atoms. The SMILES string of the molecule is CC1(C)c2ccccc2-c2ccc(N(c3ccc(-c4ccccc4)cc3)c3cc4c(c5ccccc35)c3ccccc3n4-c3ccccc3)cc21. The molecule has 1 aliphatic carbocycles. The predicted octanol–water partition coefficient (Wildman–Crippen LogP) is 13.4. The van der Waals surface area contributed by atoms with Gasteiger partial charge in [0.25, 0.3) is 0 Å². The second-order valence-corrected chi connectivity index (χ2v) is 14.2. The number of rotatable bonds is 5. The number of fused-ring (bicyclic) bond motifs is 8. The Hall–Kier alpha value is -6.38. The average Bonchev–Trinajstić information content (AvgIpc) is 3.64. The first-order valence-corrected chi connectivity index (χ1v) is 17.8. The molecule has 0 radical (unpaired) electrons. The number of para-hydroxylation sites is 2. The Morgan fingerprint density at radius 2 is 1.02 bits per heavy atom. The van der Waals surface area contributed by atoms with Crippen LogP contribution < -0.4 is 4.90 Å². The van der Waals surface area contributed by atoms with E-state index in [1.54, 1.807) is 0 Å². The summed E-state index contributed by atoms with van der Waals surface area (Å²) in [5.74, 6) is 0. The monoisotopic (exact) mass is 652 g/mol. The van der Waals surface area contributed by atoms with Crippen LogP contribution in [0.2, 0.25) is 0 Å². The number of hydrogen-bond donors (Lipinski definition) is 0. The van der Waals surface area contributed by atoms with Crippen molar-refractivity contribution in [2.45, 2.75) is 19.3 Å². The molecule has 2 nitrogen and oxygen atoms in total. The van der Waals surface area contributed by atoms with E-state index >= 15 is 0 Å². The van der Waals surface area contributed by atoms with Crippen molar-refractivity contribution in [3.63, 3.8) is 0 Å². The van der Waals surface area contributed by atoms with Crippen LogP contribution in [-0.2, 0) is 5.41 Å². The van der Waals surface area contributed by atoms with Gasteiger partial charge in [-0.3, -0.25) is 0 Å². The standard InChI is InChI=1S/C49H36N2/c1-49(2)43-23-13-11-19-38(43)39-30-29-37(31-44(39)49)50(36-27-25-34(26-28-36)33-15-5-3-6-16-33)46-32-47-48(41-21-10-9-20-40(41)46)42-22-12-14-24-45(42)51(47)35-17-7-4-8-18-35/h3-32H,1-2H3. The zero-order valence-electron chi connectivity index (χ0n) is 28.7. The van der Waals surface area contributed by atoms with E-state index in [4.69, 9.17) is 0 Å². The normalized spacial score (nSPS) is 13.1. The highest BCUT2D eigenvalue weighted by atomic mass is 15.1. The second-order valence-electron chi connectivity index (χ2n) is 14.2. The molecule has 8 aromatic carbocycles. The lowest BCUT2D eigenvalue weighted by molar-refractivity contribution is 0.660. The second kappa shape index (κ2) is 11.3. The maximum atomic E-state index is 2.48. The van der Waals surface area contributed by atoms with E-state index in [-0.39, 0.29) is 5.41 Å². The van der Waals surface area contributed by atoms with Gasteiger partial charge in [-0.25, -0.2) is 0 Å². The van der Waals surface area contributed by atoms with Gasteiger partial charge in [0.2, 0.25) is 0 Å². The summed E-state index contributed by atoms with van der Waals surface area (Å²) in [5, 5.41) is 5.00. The van der Waals surface area contributed by atoms with Crippen LogP contribution in [0, 0.1) is 0 Å². The summed E-state index contributed by atoms with van der Waals surface area (Å²) in [7, 11) is 0. The lowest BCUT2D eigenvalue weighted by Gasteiger charge is -2.29. The summed E-state index contributed by atoms with van der Waals surface area (Å²) in [5.41, 5.74) is 14.7. The van der Waals surface area contributed by atoms with Gasteiger partial charge in [-0.1, -0.05) is 147 Å². The van der Waals surface area contributed by atoms with Gasteiger partial charge in [-0.2, -0.15) is 0 Å². The molecule has 0 fully saturated rings. The van der Waals surface area contributed by atoms with Crippen LogP contribution >= 0.6 is 0 Å². The number of benzene rings is 8. The van der Waals surface area contributed by atoms with E-state index in [1.165, 1.54) is 66.0 Å². The molecule has 9 aromatic rings. The fraction of sp³-hybridized carbons (Fsp3) is 0.0612. The fourth-order valence-corrected chi connectivity index (χ4v) is 8.54. The molecule has 51 heavy (non-hydrogen) atoms. The molecule has 0 unspecified atom stereocenters. The van der Waals surface area contributed by atoms with E-state index in [9.17, 15) is 0 Å². The lowest BCUT2D eigenvalue weighted by atomic mass is 9.82. The van der Waals surface area contributed by atoms with Gasteiger partial charge in [0, 0.05) is 38.6 Å². The Labute approximate surface area is 298 Å². The maximum absolute atomic E-state index is 2.48. The van der Waals surface area contributed by atoms with Crippen molar-refractivity contribution >= 4 is 49.6 Å². The first kappa shape index (κ1) is 29.5. The van der Waals surface area contributed by atoms with E-state index < -0.39 is 0 Å². The molecular weight excluding hydrogens is 617 g/mol. The van der Waals surface area contributed by atoms with Gasteiger partial charge in [0.15, 0.2) is 0 Å². The van der Waals surface area contributed by atoms with Crippen LogP contribution in [-0.4, -0.2) is 4.57 Å². The Balaban J connectivity index is 1.27. The van der Waals surface area contributed by atoms with Gasteiger partial charge in [0.1, 0.15) is 0 Å². The van der Waals surface area contributed by atoms with Gasteiger partial charge in [0.05, 0.1) is 16.7 Å². The third kappa shape index (κ3) is 4.50. The lowest BCUT2D eigenvalue weighted by Crippen LogP contribution is -2.16. The van der Waals surface area contributed by atoms with E-state index in [2.05, 4.69) is 205 Å². The molecule has 2 heteroatoms. The summed E-state index contributed by atoms with van der Waals surface area (Å²) >= 11 is 0. The summed E-state index contributed by atoms with van der Waals surface area (Å²) in [6.07, 6.45) is 0. The summed E-state index contributed by atoms with van der Waals surface area (Å²) in [4.78, 5) is 2.48. The van der Waals surface area contributed by atoms with Crippen molar-refractivity contribution < 1.29 is 0 Å². The Kier molecular flexibility index (Phi) is 6.56. The van der Waals surface area contributed by atoms with E-state index in [0.29, 0.717) is 0 Å². The minimum Gasteiger partial charge on any atom is -0.310 e. The third-order valence-electron chi connectivity index (χ3n) is 11.0. The maximum Gasteiger partial charge on any atom is 0.0568 e. The summed E-state index contributed by atoms with van der Waals surface area (Å²) < 4.78 is 2.43. The zero-order valence-corrected chi connectivity index (χ0v) is 28.7. The van der Waals surface area contributed by atoms with Gasteiger partial charge < -0.3 is 9.47 Å². The van der Waals surface area contributed by atoms with Crippen LogP contribution in [0.25, 0.3) is 60.5 Å². The number of nitrogens with zero attached hydrogens (tertiary/aromatic N) is 2. The number of aromatic nitrogens is 1. The van der Waals surface area contributed by atoms with Crippen molar-refractivity contribution in [1.82, 2.24) is 4.57 Å². The smallest absolute Gasteiger partial charge is 0.0568 e. The summed E-state index contributed by atoms with van der Waals surface area (Å²) in [6, 6.07) is 66.6. The minimum atomic E-state index is -0.115. The number of anilines is 3. The van der Waals surface area contributed by atoms with Gasteiger partial charge in [-0.15, -0.1) is 0 Å². The Morgan fingerprint density at radius 3 is 1.80 bits per heavy atom. The van der Waals surface area contributed by atoms with Crippen molar-refractivity contribution in [1.29, 1.82) is 0 Å². The molecular formula is C49H36N2. The third-order valence-corrected chi connectivity index (χ3v) is 11.0. The molecule has 1 aliphatic rings. The van der Waals surface area contributed by atoms with Crippen LogP contribution in [0.3, 0.4) is 0 Å². The molecule has 0 aliphatic heterocycles. The largest absolute Gasteiger partial charge is 0.310 e. The van der Waals surface area contributed by atoms with Crippen molar-refractivity contribution in [3.8, 4) is 27.9 Å². The van der Waals surface area contributed by atoms with Crippen molar-refractivity contribution in [3.05, 3.63) is 193 Å². The minimum absolute atomic E-state index is 0.115. The fourth-order valence-electron chi connectivity index (χ4n) is 8.54. The van der Waals surface area contributed by atoms with Crippen LogP contribution in [0.5, 0.6) is 0 Å². The van der Waals surface area contributed by atoms with Crippen molar-refractivity contribution in [2.24, 2.45) is 0 Å². The zero-order chi connectivity index (χ0) is 34.1. The molecule has 10 rings (SSSR count). The molecule has 1 aromatic heterocycles. The Morgan fingerprint density at radius 1 is 0.431 bits per heavy atom. The topological polar surface area (TPSA) is 8.17 Å². The van der Waals surface area contributed by atoms with E-state index in [1.807, 2.05) is 0 Å². The average molecular weight is 653 g/mol. The number of hydrogen-bond acceptors (Lipinski definition) is 1. The molecule has 0 saturated heterocycles. The first-order chi connectivity index (χ1) is 25.1. The molecule has 0 atom stereocenters. The predicted molar refractivity (Wildman–Crippen MR) is 216 cm³/mol. The van der Waals surface area contributed by atoms with Crippen molar-refractivity contribution in [2.75, 3.05) is 4.90 Å². The quantitative estimate of drug-likeness (QED) is 0.180. The summed E-state index contributed by atoms with van der Waals surface area (Å²) in [6.45, 7) is 4.72.